The topological polar surface area (TPSA) is 63.6 Å². The fraction of sp³-hybridized carbons (Fsp3) is 0.444. The van der Waals surface area contributed by atoms with Crippen molar-refractivity contribution in [2.24, 2.45) is 5.92 Å². The number of halogens is 2. The highest BCUT2D eigenvalue weighted by Crippen LogP contribution is 2.42. The molecule has 6 heteroatoms. The summed E-state index contributed by atoms with van der Waals surface area (Å²) >= 11 is 12.7. The fourth-order valence-corrected chi connectivity index (χ4v) is 3.31. The van der Waals surface area contributed by atoms with Gasteiger partial charge in [0.1, 0.15) is 10.8 Å². The van der Waals surface area contributed by atoms with Crippen molar-refractivity contribution in [2.45, 2.75) is 39.0 Å². The van der Waals surface area contributed by atoms with Gasteiger partial charge in [0.15, 0.2) is 5.78 Å². The van der Waals surface area contributed by atoms with Crippen LogP contribution in [0.25, 0.3) is 5.57 Å². The molecule has 0 saturated carbocycles. The molecule has 0 aromatic heterocycles. The maximum Gasteiger partial charge on any atom is 0.303 e. The number of hydrogen-bond acceptors (Lipinski definition) is 3. The molecule has 1 aliphatic carbocycles. The number of carbonyl (C=O) groups is 2. The predicted octanol–water partition coefficient (Wildman–Crippen LogP) is 5.01. The summed E-state index contributed by atoms with van der Waals surface area (Å²) in [5.74, 6) is -0.0429. The lowest BCUT2D eigenvalue weighted by Gasteiger charge is -2.24. The van der Waals surface area contributed by atoms with Crippen LogP contribution in [0.5, 0.6) is 5.75 Å². The number of allylic oxidation sites excluding steroid dienone is 2. The van der Waals surface area contributed by atoms with E-state index < -0.39 is 5.97 Å². The average molecular weight is 371 g/mol. The number of benzene rings is 1. The highest BCUT2D eigenvalue weighted by Gasteiger charge is 2.24. The lowest BCUT2D eigenvalue weighted by molar-refractivity contribution is -0.137. The van der Waals surface area contributed by atoms with E-state index >= 15 is 0 Å². The summed E-state index contributed by atoms with van der Waals surface area (Å²) in [6, 6.07) is 3.53. The third-order valence-corrected chi connectivity index (χ3v) is 5.00. The van der Waals surface area contributed by atoms with Crippen LogP contribution >= 0.6 is 23.2 Å². The second-order valence-electron chi connectivity index (χ2n) is 5.79. The van der Waals surface area contributed by atoms with Crippen LogP contribution in [-0.4, -0.2) is 23.5 Å². The van der Waals surface area contributed by atoms with Crippen LogP contribution in [0, 0.1) is 5.92 Å². The maximum absolute atomic E-state index is 11.8. The minimum Gasteiger partial charge on any atom is -0.492 e. The molecule has 0 bridgehead atoms. The lowest BCUT2D eigenvalue weighted by Crippen LogP contribution is -2.13. The van der Waals surface area contributed by atoms with Gasteiger partial charge in [0.25, 0.3) is 0 Å². The van der Waals surface area contributed by atoms with Crippen molar-refractivity contribution in [3.8, 4) is 5.75 Å². The van der Waals surface area contributed by atoms with Gasteiger partial charge in [-0.1, -0.05) is 30.1 Å². The van der Waals surface area contributed by atoms with Crippen molar-refractivity contribution >= 4 is 40.5 Å². The van der Waals surface area contributed by atoms with Gasteiger partial charge < -0.3 is 9.84 Å². The molecule has 1 aromatic carbocycles. The molecule has 1 atom stereocenters. The Hall–Kier alpha value is -1.52. The summed E-state index contributed by atoms with van der Waals surface area (Å²) in [4.78, 5) is 22.3. The van der Waals surface area contributed by atoms with Crippen LogP contribution in [0.15, 0.2) is 18.2 Å². The van der Waals surface area contributed by atoms with Gasteiger partial charge in [-0.15, -0.1) is 0 Å². The van der Waals surface area contributed by atoms with Crippen molar-refractivity contribution in [2.75, 3.05) is 6.61 Å². The molecule has 24 heavy (non-hydrogen) atoms. The molecule has 1 aliphatic rings. The molecular weight excluding hydrogens is 351 g/mol. The van der Waals surface area contributed by atoms with E-state index in [-0.39, 0.29) is 18.8 Å². The molecule has 2 rings (SSSR count). The second-order valence-corrected chi connectivity index (χ2v) is 6.55. The molecule has 0 aliphatic heterocycles. The maximum atomic E-state index is 11.8. The summed E-state index contributed by atoms with van der Waals surface area (Å²) < 4.78 is 5.52. The Kier molecular flexibility index (Phi) is 6.69. The van der Waals surface area contributed by atoms with E-state index in [4.69, 9.17) is 33.0 Å². The molecule has 1 aromatic rings. The smallest absolute Gasteiger partial charge is 0.303 e. The standard InChI is InChI=1S/C18H20Cl2O4/c1-2-11-5-6-12(21)10-14(11)13-7-8-15(18(20)17(13)19)24-9-3-4-16(22)23/h7-8,10-11H,2-6,9H2,1H3,(H,22,23). The Morgan fingerprint density at radius 2 is 2.08 bits per heavy atom. The van der Waals surface area contributed by atoms with Gasteiger partial charge in [-0.05, 0) is 54.5 Å². The Morgan fingerprint density at radius 3 is 2.75 bits per heavy atom. The first-order valence-corrected chi connectivity index (χ1v) is 8.77. The number of ether oxygens (including phenoxy) is 1. The van der Waals surface area contributed by atoms with Crippen LogP contribution in [-0.2, 0) is 9.59 Å². The predicted molar refractivity (Wildman–Crippen MR) is 94.8 cm³/mol. The van der Waals surface area contributed by atoms with Crippen LogP contribution in [0.4, 0.5) is 0 Å². The number of carboxylic acid groups (broad SMARTS) is 1. The molecule has 1 N–H and O–H groups in total. The molecule has 0 saturated heterocycles. The van der Waals surface area contributed by atoms with Crippen molar-refractivity contribution < 1.29 is 19.4 Å². The number of ketones is 1. The molecule has 4 nitrogen and oxygen atoms in total. The Bertz CT molecular complexity index is 667. The Labute approximate surface area is 151 Å². The van der Waals surface area contributed by atoms with Gasteiger partial charge in [0.2, 0.25) is 0 Å². The lowest BCUT2D eigenvalue weighted by atomic mass is 9.81. The molecule has 0 heterocycles. The first-order chi connectivity index (χ1) is 11.4. The van der Waals surface area contributed by atoms with Gasteiger partial charge in [0, 0.05) is 12.8 Å². The quantitative estimate of drug-likeness (QED) is 0.685. The van der Waals surface area contributed by atoms with E-state index in [1.807, 2.05) is 6.07 Å². The fourth-order valence-electron chi connectivity index (χ4n) is 2.83. The van der Waals surface area contributed by atoms with E-state index in [0.717, 1.165) is 24.0 Å². The summed E-state index contributed by atoms with van der Waals surface area (Å²) in [6.07, 6.45) is 4.42. The Balaban J connectivity index is 2.20. The molecule has 130 valence electrons. The molecule has 1 unspecified atom stereocenters. The second kappa shape index (κ2) is 8.54. The summed E-state index contributed by atoms with van der Waals surface area (Å²) in [6.45, 7) is 2.34. The SMILES string of the molecule is CCC1CCC(=O)C=C1c1ccc(OCCCC(=O)O)c(Cl)c1Cl. The van der Waals surface area contributed by atoms with Crippen LogP contribution in [0.2, 0.25) is 10.0 Å². The molecule has 0 radical (unpaired) electrons. The number of hydrogen-bond donors (Lipinski definition) is 1. The number of rotatable bonds is 7. The molecule has 0 spiro atoms. The number of carboxylic acids is 1. The first-order valence-electron chi connectivity index (χ1n) is 8.01. The van der Waals surface area contributed by atoms with Gasteiger partial charge in [0.05, 0.1) is 11.6 Å². The summed E-state index contributed by atoms with van der Waals surface area (Å²) in [5, 5.41) is 9.28. The Morgan fingerprint density at radius 1 is 1.33 bits per heavy atom. The van der Waals surface area contributed by atoms with Crippen LogP contribution in [0.1, 0.15) is 44.6 Å². The zero-order valence-electron chi connectivity index (χ0n) is 13.5. The number of carbonyl (C=O) groups excluding carboxylic acids is 1. The zero-order chi connectivity index (χ0) is 17.7. The van der Waals surface area contributed by atoms with E-state index in [2.05, 4.69) is 6.92 Å². The van der Waals surface area contributed by atoms with Crippen molar-refractivity contribution in [3.63, 3.8) is 0 Å². The average Bonchev–Trinajstić information content (AvgIpc) is 2.55. The minimum atomic E-state index is -0.863. The van der Waals surface area contributed by atoms with E-state index in [1.165, 1.54) is 0 Å². The molecule has 0 fully saturated rings. The van der Waals surface area contributed by atoms with Crippen molar-refractivity contribution in [1.29, 1.82) is 0 Å². The first kappa shape index (κ1) is 18.8. The van der Waals surface area contributed by atoms with Crippen LogP contribution in [0.3, 0.4) is 0 Å². The molecular formula is C18H20Cl2O4. The zero-order valence-corrected chi connectivity index (χ0v) is 15.0. The van der Waals surface area contributed by atoms with Gasteiger partial charge >= 0.3 is 5.97 Å². The summed E-state index contributed by atoms with van der Waals surface area (Å²) in [7, 11) is 0. The summed E-state index contributed by atoms with van der Waals surface area (Å²) in [5.41, 5.74) is 1.69. The largest absolute Gasteiger partial charge is 0.492 e. The third kappa shape index (κ3) is 4.52. The van der Waals surface area contributed by atoms with E-state index in [9.17, 15) is 9.59 Å². The molecule has 0 amide bonds. The van der Waals surface area contributed by atoms with E-state index in [0.29, 0.717) is 34.6 Å². The monoisotopic (exact) mass is 370 g/mol. The van der Waals surface area contributed by atoms with Gasteiger partial charge in [-0.3, -0.25) is 9.59 Å². The van der Waals surface area contributed by atoms with Gasteiger partial charge in [-0.2, -0.15) is 0 Å². The van der Waals surface area contributed by atoms with Gasteiger partial charge in [-0.25, -0.2) is 0 Å². The van der Waals surface area contributed by atoms with Crippen molar-refractivity contribution in [1.82, 2.24) is 0 Å². The van der Waals surface area contributed by atoms with Crippen molar-refractivity contribution in [3.05, 3.63) is 33.8 Å². The minimum absolute atomic E-state index is 0.0383. The normalized spacial score (nSPS) is 17.5. The van der Waals surface area contributed by atoms with Crippen LogP contribution < -0.4 is 4.74 Å². The third-order valence-electron chi connectivity index (χ3n) is 4.14. The highest BCUT2D eigenvalue weighted by molar-refractivity contribution is 6.44. The van der Waals surface area contributed by atoms with E-state index in [1.54, 1.807) is 12.1 Å². The highest BCUT2D eigenvalue weighted by atomic mass is 35.5. The number of aliphatic carboxylic acids is 1.